The fourth-order valence-corrected chi connectivity index (χ4v) is 3.32. The molecule has 0 spiro atoms. The standard InChI is InChI=1S/C12H13F3O4S/c1-7-5-8(2)10(6-9(7)11(16)17)20(18,19)4-3-12(13,14)15/h5-6H,3-4H2,1-2H3,(H,16,17). The third-order valence-corrected chi connectivity index (χ3v) is 4.59. The summed E-state index contributed by atoms with van der Waals surface area (Å²) in [6, 6.07) is 2.25. The molecule has 0 aliphatic rings. The molecule has 0 heterocycles. The van der Waals surface area contributed by atoms with E-state index in [1.165, 1.54) is 19.9 Å². The molecule has 0 atom stereocenters. The largest absolute Gasteiger partial charge is 0.478 e. The van der Waals surface area contributed by atoms with Crippen molar-refractivity contribution in [1.29, 1.82) is 0 Å². The molecule has 0 bridgehead atoms. The molecule has 0 radical (unpaired) electrons. The molecule has 0 saturated carbocycles. The minimum Gasteiger partial charge on any atom is -0.478 e. The second kappa shape index (κ2) is 5.43. The number of carboxylic acid groups (broad SMARTS) is 1. The van der Waals surface area contributed by atoms with Gasteiger partial charge in [0.15, 0.2) is 9.84 Å². The van der Waals surface area contributed by atoms with Crippen LogP contribution in [0.1, 0.15) is 27.9 Å². The van der Waals surface area contributed by atoms with E-state index in [0.717, 1.165) is 6.07 Å². The Morgan fingerprint density at radius 1 is 1.20 bits per heavy atom. The number of sulfone groups is 1. The highest BCUT2D eigenvalue weighted by Gasteiger charge is 2.31. The Morgan fingerprint density at radius 3 is 2.20 bits per heavy atom. The Bertz CT molecular complexity index is 633. The van der Waals surface area contributed by atoms with E-state index in [1.54, 1.807) is 0 Å². The van der Waals surface area contributed by atoms with Gasteiger partial charge in [0.25, 0.3) is 0 Å². The summed E-state index contributed by atoms with van der Waals surface area (Å²) in [5.74, 6) is -2.42. The van der Waals surface area contributed by atoms with Crippen LogP contribution in [0.3, 0.4) is 0 Å². The zero-order valence-corrected chi connectivity index (χ0v) is 11.6. The SMILES string of the molecule is Cc1cc(C)c(S(=O)(=O)CCC(F)(F)F)cc1C(=O)O. The molecule has 0 saturated heterocycles. The molecule has 1 aromatic carbocycles. The minimum atomic E-state index is -4.58. The highest BCUT2D eigenvalue weighted by molar-refractivity contribution is 7.91. The first-order valence-electron chi connectivity index (χ1n) is 5.58. The molecule has 1 rings (SSSR count). The first-order chi connectivity index (χ1) is 8.94. The maximum Gasteiger partial charge on any atom is 0.390 e. The van der Waals surface area contributed by atoms with Gasteiger partial charge in [-0.25, -0.2) is 13.2 Å². The topological polar surface area (TPSA) is 71.4 Å². The fourth-order valence-electron chi connectivity index (χ4n) is 1.76. The molecule has 0 aliphatic heterocycles. The van der Waals surface area contributed by atoms with Crippen LogP contribution in [0.5, 0.6) is 0 Å². The predicted octanol–water partition coefficient (Wildman–Crippen LogP) is 2.73. The maximum absolute atomic E-state index is 12.1. The van der Waals surface area contributed by atoms with Gasteiger partial charge in [0.2, 0.25) is 0 Å². The average Bonchev–Trinajstić information content (AvgIpc) is 2.24. The predicted molar refractivity (Wildman–Crippen MR) is 65.6 cm³/mol. The first kappa shape index (κ1) is 16.5. The molecule has 0 amide bonds. The van der Waals surface area contributed by atoms with Crippen molar-refractivity contribution in [3.63, 3.8) is 0 Å². The van der Waals surface area contributed by atoms with Crippen molar-refractivity contribution in [3.8, 4) is 0 Å². The number of benzene rings is 1. The van der Waals surface area contributed by atoms with Crippen LogP contribution < -0.4 is 0 Å². The maximum atomic E-state index is 12.1. The van der Waals surface area contributed by atoms with Crippen LogP contribution in [0.2, 0.25) is 0 Å². The summed E-state index contributed by atoms with van der Waals surface area (Å²) in [5, 5.41) is 8.93. The highest BCUT2D eigenvalue weighted by atomic mass is 32.2. The number of carbonyl (C=O) groups is 1. The van der Waals surface area contributed by atoms with Crippen molar-refractivity contribution in [3.05, 3.63) is 28.8 Å². The van der Waals surface area contributed by atoms with Crippen molar-refractivity contribution in [1.82, 2.24) is 0 Å². The molecule has 1 N–H and O–H groups in total. The van der Waals surface area contributed by atoms with Gasteiger partial charge < -0.3 is 5.11 Å². The van der Waals surface area contributed by atoms with Crippen molar-refractivity contribution < 1.29 is 31.5 Å². The van der Waals surface area contributed by atoms with Gasteiger partial charge in [0, 0.05) is 0 Å². The molecular formula is C12H13F3O4S. The molecule has 0 unspecified atom stereocenters. The number of carboxylic acids is 1. The number of rotatable bonds is 4. The van der Waals surface area contributed by atoms with Crippen LogP contribution in [-0.2, 0) is 9.84 Å². The van der Waals surface area contributed by atoms with Gasteiger partial charge in [0.1, 0.15) is 0 Å². The van der Waals surface area contributed by atoms with Gasteiger partial charge in [0.05, 0.1) is 22.6 Å². The lowest BCUT2D eigenvalue weighted by molar-refractivity contribution is -0.129. The number of halogens is 3. The summed E-state index contributed by atoms with van der Waals surface area (Å²) in [6.07, 6.45) is -6.05. The second-order valence-corrected chi connectivity index (χ2v) is 6.50. The lowest BCUT2D eigenvalue weighted by Gasteiger charge is -2.12. The van der Waals surface area contributed by atoms with Crippen LogP contribution >= 0.6 is 0 Å². The van der Waals surface area contributed by atoms with E-state index >= 15 is 0 Å². The van der Waals surface area contributed by atoms with Crippen molar-refractivity contribution in [2.75, 3.05) is 5.75 Å². The third kappa shape index (κ3) is 3.96. The van der Waals surface area contributed by atoms with Gasteiger partial charge in [-0.05, 0) is 31.0 Å². The minimum absolute atomic E-state index is 0.231. The van der Waals surface area contributed by atoms with Gasteiger partial charge in [-0.2, -0.15) is 13.2 Å². The highest BCUT2D eigenvalue weighted by Crippen LogP contribution is 2.26. The van der Waals surface area contributed by atoms with Crippen molar-refractivity contribution >= 4 is 15.8 Å². The van der Waals surface area contributed by atoms with Crippen LogP contribution in [0.15, 0.2) is 17.0 Å². The molecule has 20 heavy (non-hydrogen) atoms. The summed E-state index contributed by atoms with van der Waals surface area (Å²) < 4.78 is 60.1. The van der Waals surface area contributed by atoms with Crippen molar-refractivity contribution in [2.45, 2.75) is 31.3 Å². The summed E-state index contributed by atoms with van der Waals surface area (Å²) in [7, 11) is -4.18. The number of alkyl halides is 3. The van der Waals surface area contributed by atoms with Crippen LogP contribution in [0.25, 0.3) is 0 Å². The monoisotopic (exact) mass is 310 g/mol. The lowest BCUT2D eigenvalue weighted by Crippen LogP contribution is -2.17. The van der Waals surface area contributed by atoms with E-state index in [-0.39, 0.29) is 16.0 Å². The number of aromatic carboxylic acids is 1. The molecule has 1 aromatic rings. The Kier molecular flexibility index (Phi) is 4.48. The fraction of sp³-hybridized carbons (Fsp3) is 0.417. The van der Waals surface area contributed by atoms with E-state index in [2.05, 4.69) is 0 Å². The van der Waals surface area contributed by atoms with Crippen LogP contribution in [0, 0.1) is 13.8 Å². The van der Waals surface area contributed by atoms with Crippen molar-refractivity contribution in [2.24, 2.45) is 0 Å². The van der Waals surface area contributed by atoms with E-state index in [0.29, 0.717) is 5.56 Å². The molecule has 0 fully saturated rings. The quantitative estimate of drug-likeness (QED) is 0.928. The van der Waals surface area contributed by atoms with E-state index in [1.807, 2.05) is 0 Å². The summed E-state index contributed by atoms with van der Waals surface area (Å²) in [6.45, 7) is 2.90. The second-order valence-electron chi connectivity index (χ2n) is 4.42. The van der Waals surface area contributed by atoms with E-state index < -0.39 is 34.2 Å². The zero-order chi connectivity index (χ0) is 15.7. The Balaban J connectivity index is 3.25. The lowest BCUT2D eigenvalue weighted by atomic mass is 10.1. The third-order valence-electron chi connectivity index (χ3n) is 2.74. The average molecular weight is 310 g/mol. The van der Waals surface area contributed by atoms with Crippen LogP contribution in [0.4, 0.5) is 13.2 Å². The zero-order valence-electron chi connectivity index (χ0n) is 10.8. The number of aryl methyl sites for hydroxylation is 2. The summed E-state index contributed by atoms with van der Waals surface area (Å²) in [4.78, 5) is 10.6. The normalized spacial score (nSPS) is 12.4. The van der Waals surface area contributed by atoms with E-state index in [4.69, 9.17) is 5.11 Å². The van der Waals surface area contributed by atoms with Crippen LogP contribution in [-0.4, -0.2) is 31.4 Å². The molecule has 0 aliphatic carbocycles. The molecule has 0 aromatic heterocycles. The van der Waals surface area contributed by atoms with Gasteiger partial charge >= 0.3 is 12.1 Å². The Hall–Kier alpha value is -1.57. The van der Waals surface area contributed by atoms with Gasteiger partial charge in [-0.1, -0.05) is 6.07 Å². The molecule has 8 heteroatoms. The van der Waals surface area contributed by atoms with Gasteiger partial charge in [-0.3, -0.25) is 0 Å². The Morgan fingerprint density at radius 2 is 1.75 bits per heavy atom. The van der Waals surface area contributed by atoms with Gasteiger partial charge in [-0.15, -0.1) is 0 Å². The summed E-state index contributed by atoms with van der Waals surface area (Å²) >= 11 is 0. The first-order valence-corrected chi connectivity index (χ1v) is 7.23. The summed E-state index contributed by atoms with van der Waals surface area (Å²) in [5.41, 5.74) is 0.348. The smallest absolute Gasteiger partial charge is 0.390 e. The number of hydrogen-bond acceptors (Lipinski definition) is 3. The number of hydrogen-bond donors (Lipinski definition) is 1. The Labute approximate surface area is 114 Å². The molecule has 112 valence electrons. The van der Waals surface area contributed by atoms with E-state index in [9.17, 15) is 26.4 Å². The molecule has 4 nitrogen and oxygen atoms in total. The molecular weight excluding hydrogens is 297 g/mol.